The van der Waals surface area contributed by atoms with E-state index < -0.39 is 13.3 Å². The molecule has 0 saturated carbocycles. The number of carbonyl (C=O) groups is 1. The number of aliphatic hydroxyl groups excluding tert-OH is 1. The van der Waals surface area contributed by atoms with Crippen LogP contribution in [0.2, 0.25) is 17.3 Å². The predicted molar refractivity (Wildman–Crippen MR) is 209 cm³/mol. The van der Waals surface area contributed by atoms with Gasteiger partial charge in [-0.05, 0) is 25.7 Å². The quantitative estimate of drug-likeness (QED) is 0.0657. The number of rotatable bonds is 10. The van der Waals surface area contributed by atoms with Crippen LogP contribution in [0.25, 0.3) is 42.2 Å². The van der Waals surface area contributed by atoms with E-state index in [-0.39, 0.29) is 48.9 Å². The molecule has 0 saturated heterocycles. The Morgan fingerprint density at radius 1 is 0.896 bits per heavy atom. The average molecular weight is 902 g/mol. The van der Waals surface area contributed by atoms with Gasteiger partial charge in [0.2, 0.25) is 0 Å². The molecule has 6 heteroatoms. The van der Waals surface area contributed by atoms with Crippen molar-refractivity contribution in [1.82, 2.24) is 4.98 Å². The van der Waals surface area contributed by atoms with Crippen LogP contribution >= 0.6 is 11.3 Å². The fourth-order valence-electron chi connectivity index (χ4n) is 6.42. The Balaban J connectivity index is 0.000000334. The Morgan fingerprint density at radius 2 is 1.54 bits per heavy atom. The first-order valence-electron chi connectivity index (χ1n) is 17.4. The van der Waals surface area contributed by atoms with Crippen LogP contribution in [0.1, 0.15) is 85.3 Å². The third-order valence-electron chi connectivity index (χ3n) is 9.11. The smallest absolute Gasteiger partial charge is 0.162 e. The Bertz CT molecular complexity index is 1870. The Hall–Kier alpha value is -2.31. The van der Waals surface area contributed by atoms with E-state index in [2.05, 4.69) is 98.7 Å². The molecule has 0 fully saturated rings. The topological polar surface area (TPSA) is 50.2 Å². The first-order chi connectivity index (χ1) is 22.2. The molecule has 2 heterocycles. The molecule has 0 amide bonds. The summed E-state index contributed by atoms with van der Waals surface area (Å²) in [4.78, 5) is 16.6. The van der Waals surface area contributed by atoms with Crippen LogP contribution in [0.5, 0.6) is 0 Å². The standard InChI is InChI=1S/C29H30GeNS.C13H24O2.Ir/c1-29(2,3)25-17-21(16-20-9-7-8-10-22(20)25)27-28-24(13-14-31-27)23-12-11-19(15-26(23)32-28)18-30(4,5)6;1-5-10(6-2)12(14)9-13(15)11(7-3)8-4;/h7-15,17H,18H2,1-6H3;9-11,14H,5-8H2,1-4H3;/q-1;;/b;12-9-;. The number of hydrogen-bond acceptors (Lipinski definition) is 4. The zero-order valence-electron chi connectivity index (χ0n) is 30.6. The summed E-state index contributed by atoms with van der Waals surface area (Å²) in [5, 5.41) is 16.1. The van der Waals surface area contributed by atoms with Crippen molar-refractivity contribution in [2.45, 2.75) is 102 Å². The van der Waals surface area contributed by atoms with Crippen LogP contribution in [0.4, 0.5) is 0 Å². The van der Waals surface area contributed by atoms with E-state index in [1.165, 1.54) is 48.0 Å². The number of aromatic nitrogens is 1. The number of carbonyl (C=O) groups excluding carboxylic acids is 1. The molecular formula is C42H54GeIrNO2S-. The van der Waals surface area contributed by atoms with Gasteiger partial charge in [0.15, 0.2) is 5.78 Å². The van der Waals surface area contributed by atoms with Crippen LogP contribution in [-0.4, -0.2) is 29.1 Å². The molecule has 2 aromatic heterocycles. The number of benzene rings is 3. The van der Waals surface area contributed by atoms with E-state index in [0.29, 0.717) is 0 Å². The van der Waals surface area contributed by atoms with Crippen molar-refractivity contribution in [1.29, 1.82) is 0 Å². The van der Waals surface area contributed by atoms with Crippen molar-refractivity contribution in [2.24, 2.45) is 11.8 Å². The number of fused-ring (bicyclic) bond motifs is 4. The molecule has 259 valence electrons. The summed E-state index contributed by atoms with van der Waals surface area (Å²) < 4.78 is 2.64. The summed E-state index contributed by atoms with van der Waals surface area (Å²) in [5.74, 6) is 8.00. The summed E-state index contributed by atoms with van der Waals surface area (Å²) in [6.45, 7) is 14.9. The van der Waals surface area contributed by atoms with E-state index >= 15 is 0 Å². The maximum atomic E-state index is 11.7. The number of allylic oxidation sites excluding steroid dienone is 2. The van der Waals surface area contributed by atoms with Gasteiger partial charge in [0.1, 0.15) is 0 Å². The normalized spacial score (nSPS) is 12.5. The van der Waals surface area contributed by atoms with E-state index in [0.717, 1.165) is 42.3 Å². The second-order valence-electron chi connectivity index (χ2n) is 15.1. The molecule has 0 aliphatic rings. The van der Waals surface area contributed by atoms with Gasteiger partial charge in [-0.1, -0.05) is 33.8 Å². The molecule has 48 heavy (non-hydrogen) atoms. The zero-order valence-corrected chi connectivity index (χ0v) is 35.9. The monoisotopic (exact) mass is 903 g/mol. The summed E-state index contributed by atoms with van der Waals surface area (Å²) in [7, 11) is 0. The molecule has 3 nitrogen and oxygen atoms in total. The van der Waals surface area contributed by atoms with E-state index in [4.69, 9.17) is 4.98 Å². The largest absolute Gasteiger partial charge is 0.512 e. The first-order valence-corrected chi connectivity index (χ1v) is 26.0. The van der Waals surface area contributed by atoms with Gasteiger partial charge in [0, 0.05) is 38.0 Å². The minimum Gasteiger partial charge on any atom is -0.512 e. The number of nitrogens with zero attached hydrogens (tertiary/aromatic N) is 1. The minimum absolute atomic E-state index is 0. The first kappa shape index (κ1) is 40.1. The fourth-order valence-corrected chi connectivity index (χ4v) is 10.7. The van der Waals surface area contributed by atoms with Gasteiger partial charge < -0.3 is 5.11 Å². The Morgan fingerprint density at radius 3 is 2.15 bits per heavy atom. The van der Waals surface area contributed by atoms with Crippen LogP contribution < -0.4 is 0 Å². The van der Waals surface area contributed by atoms with Crippen LogP contribution in [0, 0.1) is 17.9 Å². The second-order valence-corrected chi connectivity index (χ2v) is 27.6. The summed E-state index contributed by atoms with van der Waals surface area (Å²) in [6.07, 6.45) is 6.87. The van der Waals surface area contributed by atoms with Crippen LogP contribution in [0.3, 0.4) is 0 Å². The van der Waals surface area contributed by atoms with Crippen molar-refractivity contribution in [3.05, 3.63) is 89.8 Å². The second kappa shape index (κ2) is 17.1. The SMILES string of the molecule is CC(C)(C)c1cc(-c2nccc3c2sc2cc([CH2][Ge]([CH3])([CH3])[CH3])ccc23)[c-]c2ccccc12.CCC(CC)C(=O)/C=C(\O)C(CC)CC.[Ir]. The molecule has 1 N–H and O–H groups in total. The van der Waals surface area contributed by atoms with E-state index in [1.807, 2.05) is 45.2 Å². The maximum absolute atomic E-state index is 11.7. The number of hydrogen-bond donors (Lipinski definition) is 1. The minimum atomic E-state index is -1.65. The number of pyridine rings is 1. The van der Waals surface area contributed by atoms with Crippen molar-refractivity contribution in [3.63, 3.8) is 0 Å². The number of thiophene rings is 1. The van der Waals surface area contributed by atoms with Gasteiger partial charge in [0.25, 0.3) is 0 Å². The van der Waals surface area contributed by atoms with E-state index in [9.17, 15) is 9.90 Å². The Labute approximate surface area is 309 Å². The molecular weight excluding hydrogens is 847 g/mol. The molecule has 0 atom stereocenters. The van der Waals surface area contributed by atoms with Gasteiger partial charge in [-0.15, -0.1) is 0 Å². The summed E-state index contributed by atoms with van der Waals surface area (Å²) in [5.41, 5.74) is 5.02. The van der Waals surface area contributed by atoms with Crippen LogP contribution in [-0.2, 0) is 35.6 Å². The molecule has 0 aliphatic heterocycles. The number of aliphatic hydroxyl groups is 1. The molecule has 0 bridgehead atoms. The number of ketones is 1. The van der Waals surface area contributed by atoms with Crippen molar-refractivity contribution < 1.29 is 30.0 Å². The average Bonchev–Trinajstić information content (AvgIpc) is 3.38. The molecule has 0 unspecified atom stereocenters. The molecule has 1 radical (unpaired) electrons. The zero-order chi connectivity index (χ0) is 34.5. The Kier molecular flexibility index (Phi) is 14.3. The summed E-state index contributed by atoms with van der Waals surface area (Å²) >= 11 is 0.229. The fraction of sp³-hybridized carbons (Fsp3) is 0.429. The van der Waals surface area contributed by atoms with Gasteiger partial charge in [-0.2, -0.15) is 0 Å². The molecule has 5 aromatic rings. The van der Waals surface area contributed by atoms with E-state index in [1.54, 1.807) is 0 Å². The van der Waals surface area contributed by atoms with Gasteiger partial charge in [-0.25, -0.2) is 0 Å². The molecule has 5 rings (SSSR count). The molecule has 0 aliphatic carbocycles. The van der Waals surface area contributed by atoms with Crippen molar-refractivity contribution >= 4 is 61.3 Å². The van der Waals surface area contributed by atoms with Crippen molar-refractivity contribution in [2.75, 3.05) is 0 Å². The molecule has 3 aromatic carbocycles. The van der Waals surface area contributed by atoms with Gasteiger partial charge >= 0.3 is 192 Å². The third-order valence-corrected chi connectivity index (χ3v) is 13.4. The van der Waals surface area contributed by atoms with Gasteiger partial charge in [-0.3, -0.25) is 4.79 Å². The maximum Gasteiger partial charge on any atom is 0.162 e. The van der Waals surface area contributed by atoms with Crippen LogP contribution in [0.15, 0.2) is 72.6 Å². The third kappa shape index (κ3) is 9.68. The molecule has 0 spiro atoms. The van der Waals surface area contributed by atoms with Gasteiger partial charge in [0.05, 0.1) is 5.76 Å². The summed E-state index contributed by atoms with van der Waals surface area (Å²) in [6, 6.07) is 23.9. The predicted octanol–water partition coefficient (Wildman–Crippen LogP) is 12.7. The van der Waals surface area contributed by atoms with Crippen molar-refractivity contribution in [3.8, 4) is 11.3 Å².